The predicted octanol–water partition coefficient (Wildman–Crippen LogP) is 6.69. The van der Waals surface area contributed by atoms with Crippen LogP contribution >= 0.6 is 0 Å². The van der Waals surface area contributed by atoms with Gasteiger partial charge in [-0.1, -0.05) is 36.4 Å². The van der Waals surface area contributed by atoms with Gasteiger partial charge in [0.2, 0.25) is 0 Å². The van der Waals surface area contributed by atoms with Crippen LogP contribution in [0.4, 0.5) is 0 Å². The summed E-state index contributed by atoms with van der Waals surface area (Å²) in [5, 5.41) is 0.957. The largest absolute Gasteiger partial charge is 0.497 e. The average Bonchev–Trinajstić information content (AvgIpc) is 2.97. The average molecular weight is 503 g/mol. The van der Waals surface area contributed by atoms with Crippen LogP contribution in [0.1, 0.15) is 34.9 Å². The Morgan fingerprint density at radius 1 is 1.05 bits per heavy atom. The number of hydrogen-bond donors (Lipinski definition) is 0. The number of rotatable bonds is 6. The van der Waals surface area contributed by atoms with Gasteiger partial charge in [0.05, 0.1) is 24.2 Å². The Bertz CT molecular complexity index is 1580. The first-order valence-corrected chi connectivity index (χ1v) is 13.4. The molecule has 0 saturated carbocycles. The van der Waals surface area contributed by atoms with E-state index in [1.165, 1.54) is 16.7 Å². The standard InChI is InChI=1S/C33H30N2O3/c1-3-20-19-35-15-13-21(20)17-31(35)32(27-12-14-34-30-11-9-23(37-2)18-29(27)30)38-33(36)22-8-10-26-24-6-4-5-7-25(24)28(26)16-22/h3-12,14,16,18,20-21,31-32H,1,13,15,17,19H2,2H3/t20-,21-,31-,32+/m0/s1. The summed E-state index contributed by atoms with van der Waals surface area (Å²) in [6.45, 7) is 6.04. The molecule has 3 fully saturated rings. The second-order valence-corrected chi connectivity index (χ2v) is 10.7. The summed E-state index contributed by atoms with van der Waals surface area (Å²) < 4.78 is 12.0. The van der Waals surface area contributed by atoms with E-state index in [-0.39, 0.29) is 12.0 Å². The van der Waals surface area contributed by atoms with Gasteiger partial charge in [0, 0.05) is 23.7 Å². The molecule has 5 atom stereocenters. The number of aromatic nitrogens is 1. The van der Waals surface area contributed by atoms with Crippen molar-refractivity contribution in [1.82, 2.24) is 9.88 Å². The number of carbonyl (C=O) groups is 1. The number of ether oxygens (including phenoxy) is 2. The number of hydrogen-bond acceptors (Lipinski definition) is 5. The van der Waals surface area contributed by atoms with Gasteiger partial charge in [0.1, 0.15) is 11.9 Å². The number of carbonyl (C=O) groups excluding carboxylic acids is 1. The van der Waals surface area contributed by atoms with E-state index in [4.69, 9.17) is 9.47 Å². The minimum Gasteiger partial charge on any atom is -0.497 e. The number of benzene rings is 3. The second-order valence-electron chi connectivity index (χ2n) is 10.7. The molecule has 0 spiro atoms. The molecule has 38 heavy (non-hydrogen) atoms. The lowest BCUT2D eigenvalue weighted by Gasteiger charge is -2.51. The molecule has 0 amide bonds. The lowest BCUT2D eigenvalue weighted by molar-refractivity contribution is -0.0568. The molecule has 4 aromatic rings. The van der Waals surface area contributed by atoms with Crippen LogP contribution in [-0.4, -0.2) is 42.1 Å². The van der Waals surface area contributed by atoms with E-state index >= 15 is 0 Å². The van der Waals surface area contributed by atoms with E-state index in [9.17, 15) is 4.79 Å². The lowest BCUT2D eigenvalue weighted by atomic mass is 9.73. The topological polar surface area (TPSA) is 51.7 Å². The normalized spacial score (nSPS) is 23.6. The summed E-state index contributed by atoms with van der Waals surface area (Å²) in [6.07, 6.45) is 5.62. The van der Waals surface area contributed by atoms with E-state index < -0.39 is 6.10 Å². The van der Waals surface area contributed by atoms with Gasteiger partial charge in [-0.15, -0.1) is 6.58 Å². The maximum absolute atomic E-state index is 13.8. The molecule has 2 bridgehead atoms. The second kappa shape index (κ2) is 9.10. The fraction of sp³-hybridized carbons (Fsp3) is 0.273. The summed E-state index contributed by atoms with van der Waals surface area (Å²) in [5.74, 6) is 1.51. The van der Waals surface area contributed by atoms with Crippen LogP contribution in [0.3, 0.4) is 0 Å². The van der Waals surface area contributed by atoms with Crippen molar-refractivity contribution in [3.05, 3.63) is 96.7 Å². The van der Waals surface area contributed by atoms with Crippen molar-refractivity contribution in [2.45, 2.75) is 25.0 Å². The Labute approximate surface area is 222 Å². The summed E-state index contributed by atoms with van der Waals surface area (Å²) in [7, 11) is 1.67. The first kappa shape index (κ1) is 23.2. The van der Waals surface area contributed by atoms with Crippen molar-refractivity contribution in [3.8, 4) is 28.0 Å². The highest BCUT2D eigenvalue weighted by Crippen LogP contribution is 2.48. The molecule has 4 heterocycles. The van der Waals surface area contributed by atoms with E-state index in [0.29, 0.717) is 17.4 Å². The van der Waals surface area contributed by atoms with Gasteiger partial charge >= 0.3 is 5.97 Å². The Morgan fingerprint density at radius 3 is 2.63 bits per heavy atom. The molecule has 1 unspecified atom stereocenters. The van der Waals surface area contributed by atoms with E-state index in [1.54, 1.807) is 7.11 Å². The molecule has 3 aromatic carbocycles. The van der Waals surface area contributed by atoms with Gasteiger partial charge in [-0.3, -0.25) is 9.88 Å². The van der Waals surface area contributed by atoms with Crippen LogP contribution < -0.4 is 4.74 Å². The maximum Gasteiger partial charge on any atom is 0.338 e. The van der Waals surface area contributed by atoms with Gasteiger partial charge in [-0.05, 0) is 89.9 Å². The highest BCUT2D eigenvalue weighted by atomic mass is 16.5. The van der Waals surface area contributed by atoms with Crippen molar-refractivity contribution in [2.75, 3.05) is 20.2 Å². The lowest BCUT2D eigenvalue weighted by Crippen LogP contribution is -2.55. The first-order chi connectivity index (χ1) is 18.6. The molecule has 1 aliphatic carbocycles. The van der Waals surface area contributed by atoms with Crippen molar-refractivity contribution >= 4 is 16.9 Å². The fourth-order valence-electron chi connectivity index (χ4n) is 6.77. The van der Waals surface area contributed by atoms with Gasteiger partial charge in [-0.25, -0.2) is 4.79 Å². The molecule has 3 saturated heterocycles. The summed E-state index contributed by atoms with van der Waals surface area (Å²) in [6, 6.07) is 22.2. The van der Waals surface area contributed by atoms with E-state index in [1.807, 2.05) is 60.8 Å². The van der Waals surface area contributed by atoms with Gasteiger partial charge in [-0.2, -0.15) is 0 Å². The molecule has 5 nitrogen and oxygen atoms in total. The molecule has 190 valence electrons. The zero-order valence-electron chi connectivity index (χ0n) is 21.5. The summed E-state index contributed by atoms with van der Waals surface area (Å²) >= 11 is 0. The Kier molecular flexibility index (Phi) is 5.55. The molecule has 4 aliphatic rings. The number of fused-ring (bicyclic) bond motifs is 8. The monoisotopic (exact) mass is 502 g/mol. The van der Waals surface area contributed by atoms with Crippen LogP contribution in [0.5, 0.6) is 5.75 Å². The fourth-order valence-corrected chi connectivity index (χ4v) is 6.77. The highest BCUT2D eigenvalue weighted by Gasteiger charge is 2.44. The number of pyridine rings is 1. The third-order valence-electron chi connectivity index (χ3n) is 8.79. The third kappa shape index (κ3) is 3.64. The van der Waals surface area contributed by atoms with Crippen molar-refractivity contribution in [3.63, 3.8) is 0 Å². The number of esters is 1. The highest BCUT2D eigenvalue weighted by molar-refractivity contribution is 6.05. The van der Waals surface area contributed by atoms with E-state index in [2.05, 4.69) is 34.7 Å². The molecule has 5 heteroatoms. The number of nitrogens with zero attached hydrogens (tertiary/aromatic N) is 2. The Hall–Kier alpha value is -3.96. The Balaban J connectivity index is 1.27. The zero-order valence-corrected chi connectivity index (χ0v) is 21.5. The minimum absolute atomic E-state index is 0.0954. The van der Waals surface area contributed by atoms with E-state index in [0.717, 1.165) is 53.7 Å². The number of piperidine rings is 3. The van der Waals surface area contributed by atoms with Crippen LogP contribution in [0.2, 0.25) is 0 Å². The van der Waals surface area contributed by atoms with Gasteiger partial charge < -0.3 is 9.47 Å². The Morgan fingerprint density at radius 2 is 1.87 bits per heavy atom. The quantitative estimate of drug-likeness (QED) is 0.191. The van der Waals surface area contributed by atoms with Crippen LogP contribution in [0.15, 0.2) is 85.6 Å². The molecular weight excluding hydrogens is 472 g/mol. The van der Waals surface area contributed by atoms with Crippen LogP contribution in [-0.2, 0) is 4.74 Å². The first-order valence-electron chi connectivity index (χ1n) is 13.4. The molecule has 8 rings (SSSR count). The SMILES string of the molecule is C=C[C@H]1CN2CC[C@H]1C[C@H]2[C@H](OC(=O)c1ccc2c(c1)-c1ccccc1-2)c1ccnc2ccc(OC)cc12. The van der Waals surface area contributed by atoms with Crippen molar-refractivity contribution in [2.24, 2.45) is 11.8 Å². The molecule has 0 N–H and O–H groups in total. The van der Waals surface area contributed by atoms with Crippen molar-refractivity contribution < 1.29 is 14.3 Å². The van der Waals surface area contributed by atoms with Crippen molar-refractivity contribution in [1.29, 1.82) is 0 Å². The van der Waals surface area contributed by atoms with Crippen LogP contribution in [0.25, 0.3) is 33.2 Å². The molecule has 3 aliphatic heterocycles. The number of methoxy groups -OCH3 is 1. The minimum atomic E-state index is -0.424. The molecule has 1 aromatic heterocycles. The van der Waals surface area contributed by atoms with Crippen LogP contribution in [0, 0.1) is 11.8 Å². The van der Waals surface area contributed by atoms with Gasteiger partial charge in [0.15, 0.2) is 0 Å². The predicted molar refractivity (Wildman–Crippen MR) is 149 cm³/mol. The molecular formula is C33H30N2O3. The summed E-state index contributed by atoms with van der Waals surface area (Å²) in [5.41, 5.74) is 7.14. The third-order valence-corrected chi connectivity index (χ3v) is 8.79. The maximum atomic E-state index is 13.8. The van der Waals surface area contributed by atoms with Gasteiger partial charge in [0.25, 0.3) is 0 Å². The zero-order chi connectivity index (χ0) is 25.8. The molecule has 0 radical (unpaired) electrons. The smallest absolute Gasteiger partial charge is 0.338 e. The summed E-state index contributed by atoms with van der Waals surface area (Å²) in [4.78, 5) is 20.8.